The lowest BCUT2D eigenvalue weighted by atomic mass is 10.1. The number of aromatic nitrogens is 2. The van der Waals surface area contributed by atoms with Crippen LogP contribution >= 0.6 is 0 Å². The Labute approximate surface area is 118 Å². The molecular weight excluding hydrogens is 254 g/mol. The molecule has 2 rings (SSSR count). The number of nitrogens with zero attached hydrogens (tertiary/aromatic N) is 2. The third-order valence-corrected chi connectivity index (χ3v) is 3.06. The molecule has 5 nitrogen and oxygen atoms in total. The van der Waals surface area contributed by atoms with Gasteiger partial charge >= 0.3 is 5.97 Å². The molecule has 0 aliphatic carbocycles. The maximum absolute atomic E-state index is 10.5. The normalized spacial score (nSPS) is 12.1. The Morgan fingerprint density at radius 2 is 2.15 bits per heavy atom. The van der Waals surface area contributed by atoms with E-state index >= 15 is 0 Å². The maximum Gasteiger partial charge on any atom is 0.303 e. The molecule has 0 amide bonds. The summed E-state index contributed by atoms with van der Waals surface area (Å²) in [5, 5.41) is 16.1. The highest BCUT2D eigenvalue weighted by atomic mass is 16.4. The van der Waals surface area contributed by atoms with Crippen LogP contribution in [0.1, 0.15) is 25.3 Å². The van der Waals surface area contributed by atoms with Crippen LogP contribution in [0.5, 0.6) is 0 Å². The van der Waals surface area contributed by atoms with Gasteiger partial charge in [0.15, 0.2) is 0 Å². The first-order valence-electron chi connectivity index (χ1n) is 6.68. The second-order valence-electron chi connectivity index (χ2n) is 4.88. The molecule has 1 heterocycles. The van der Waals surface area contributed by atoms with E-state index in [4.69, 9.17) is 5.11 Å². The summed E-state index contributed by atoms with van der Waals surface area (Å²) in [5.41, 5.74) is 2.18. The van der Waals surface area contributed by atoms with Crippen molar-refractivity contribution in [1.29, 1.82) is 0 Å². The van der Waals surface area contributed by atoms with Gasteiger partial charge in [-0.05, 0) is 37.1 Å². The van der Waals surface area contributed by atoms with Crippen molar-refractivity contribution in [3.63, 3.8) is 0 Å². The predicted octanol–water partition coefficient (Wildman–Crippen LogP) is 2.60. The van der Waals surface area contributed by atoms with Crippen LogP contribution < -0.4 is 5.32 Å². The van der Waals surface area contributed by atoms with Gasteiger partial charge in [-0.15, -0.1) is 0 Å². The van der Waals surface area contributed by atoms with Crippen LogP contribution in [0.3, 0.4) is 0 Å². The average Bonchev–Trinajstić information content (AvgIpc) is 2.92. The summed E-state index contributed by atoms with van der Waals surface area (Å²) in [6.45, 7) is 2.74. The molecule has 20 heavy (non-hydrogen) atoms. The van der Waals surface area contributed by atoms with Crippen molar-refractivity contribution in [2.24, 2.45) is 0 Å². The van der Waals surface area contributed by atoms with Crippen molar-refractivity contribution >= 4 is 11.7 Å². The number of anilines is 1. The fraction of sp³-hybridized carbons (Fsp3) is 0.333. The molecule has 0 spiro atoms. The topological polar surface area (TPSA) is 67.2 Å². The zero-order chi connectivity index (χ0) is 14.4. The molecule has 0 saturated heterocycles. The van der Waals surface area contributed by atoms with Gasteiger partial charge in [-0.1, -0.05) is 12.1 Å². The Hall–Kier alpha value is -2.30. The number of hydrogen-bond acceptors (Lipinski definition) is 3. The molecule has 2 aromatic rings. The van der Waals surface area contributed by atoms with Gasteiger partial charge in [0.05, 0.1) is 6.54 Å². The summed E-state index contributed by atoms with van der Waals surface area (Å²) in [5.74, 6) is -0.756. The van der Waals surface area contributed by atoms with Gasteiger partial charge in [0.2, 0.25) is 0 Å². The van der Waals surface area contributed by atoms with Crippen molar-refractivity contribution < 1.29 is 9.90 Å². The van der Waals surface area contributed by atoms with Crippen LogP contribution in [-0.4, -0.2) is 26.9 Å². The molecule has 1 atom stereocenters. The van der Waals surface area contributed by atoms with Gasteiger partial charge in [-0.3, -0.25) is 9.48 Å². The minimum Gasteiger partial charge on any atom is -0.481 e. The van der Waals surface area contributed by atoms with Gasteiger partial charge in [-0.2, -0.15) is 5.10 Å². The van der Waals surface area contributed by atoms with E-state index in [1.165, 1.54) is 5.56 Å². The first-order valence-corrected chi connectivity index (χ1v) is 6.68. The first kappa shape index (κ1) is 14.1. The summed E-state index contributed by atoms with van der Waals surface area (Å²) in [6, 6.07) is 10.2. The number of carboxylic acid groups (broad SMARTS) is 1. The highest BCUT2D eigenvalue weighted by Crippen LogP contribution is 2.13. The third kappa shape index (κ3) is 4.42. The van der Waals surface area contributed by atoms with Crippen molar-refractivity contribution in [3.05, 3.63) is 48.3 Å². The van der Waals surface area contributed by atoms with E-state index in [1.54, 1.807) is 6.20 Å². The second-order valence-corrected chi connectivity index (χ2v) is 4.88. The largest absolute Gasteiger partial charge is 0.481 e. The molecule has 106 valence electrons. The Morgan fingerprint density at radius 3 is 2.75 bits per heavy atom. The van der Waals surface area contributed by atoms with E-state index in [-0.39, 0.29) is 12.5 Å². The lowest BCUT2D eigenvalue weighted by Crippen LogP contribution is -2.16. The molecule has 2 N–H and O–H groups in total. The Morgan fingerprint density at radius 1 is 1.40 bits per heavy atom. The van der Waals surface area contributed by atoms with E-state index in [1.807, 2.05) is 48.1 Å². The van der Waals surface area contributed by atoms with E-state index in [2.05, 4.69) is 10.4 Å². The van der Waals surface area contributed by atoms with Gasteiger partial charge < -0.3 is 10.4 Å². The van der Waals surface area contributed by atoms with E-state index in [0.717, 1.165) is 12.2 Å². The molecule has 0 bridgehead atoms. The summed E-state index contributed by atoms with van der Waals surface area (Å²) in [4.78, 5) is 10.5. The number of carboxylic acids is 1. The van der Waals surface area contributed by atoms with Crippen molar-refractivity contribution in [3.8, 4) is 0 Å². The Bertz CT molecular complexity index is 535. The van der Waals surface area contributed by atoms with Crippen LogP contribution in [0, 0.1) is 0 Å². The predicted molar refractivity (Wildman–Crippen MR) is 77.7 cm³/mol. The van der Waals surface area contributed by atoms with Gasteiger partial charge in [0.1, 0.15) is 0 Å². The van der Waals surface area contributed by atoms with Crippen LogP contribution in [0.15, 0.2) is 42.7 Å². The zero-order valence-electron chi connectivity index (χ0n) is 11.5. The molecule has 5 heteroatoms. The molecule has 0 saturated carbocycles. The molecule has 0 aliphatic heterocycles. The monoisotopic (exact) mass is 273 g/mol. The highest BCUT2D eigenvalue weighted by molar-refractivity contribution is 5.66. The highest BCUT2D eigenvalue weighted by Gasteiger charge is 2.05. The van der Waals surface area contributed by atoms with E-state index in [9.17, 15) is 4.79 Å². The molecule has 0 radical (unpaired) electrons. The maximum atomic E-state index is 10.5. The smallest absolute Gasteiger partial charge is 0.303 e. The summed E-state index contributed by atoms with van der Waals surface area (Å²) < 4.78 is 1.87. The Kier molecular flexibility index (Phi) is 4.76. The summed E-state index contributed by atoms with van der Waals surface area (Å²) >= 11 is 0. The van der Waals surface area contributed by atoms with Crippen molar-refractivity contribution in [2.45, 2.75) is 32.4 Å². The second kappa shape index (κ2) is 6.75. The van der Waals surface area contributed by atoms with E-state index in [0.29, 0.717) is 6.42 Å². The van der Waals surface area contributed by atoms with Crippen molar-refractivity contribution in [1.82, 2.24) is 9.78 Å². The number of benzene rings is 1. The van der Waals surface area contributed by atoms with Crippen LogP contribution in [-0.2, 0) is 11.3 Å². The summed E-state index contributed by atoms with van der Waals surface area (Å²) in [7, 11) is 0. The van der Waals surface area contributed by atoms with E-state index < -0.39 is 5.97 Å². The summed E-state index contributed by atoms with van der Waals surface area (Å²) in [6.07, 6.45) is 4.50. The van der Waals surface area contributed by atoms with Crippen LogP contribution in [0.4, 0.5) is 5.69 Å². The lowest BCUT2D eigenvalue weighted by molar-refractivity contribution is -0.137. The quantitative estimate of drug-likeness (QED) is 0.813. The minimum atomic E-state index is -0.756. The fourth-order valence-corrected chi connectivity index (χ4v) is 1.98. The number of carbonyl (C=O) groups is 1. The van der Waals surface area contributed by atoms with Crippen LogP contribution in [0.2, 0.25) is 0 Å². The number of nitrogens with one attached hydrogen (secondary N) is 1. The number of rotatable bonds is 7. The van der Waals surface area contributed by atoms with Crippen LogP contribution in [0.25, 0.3) is 0 Å². The molecule has 1 aromatic carbocycles. The van der Waals surface area contributed by atoms with Gasteiger partial charge in [0, 0.05) is 30.5 Å². The van der Waals surface area contributed by atoms with Gasteiger partial charge in [0.25, 0.3) is 0 Å². The SMILES string of the molecule is CC(CCC(=O)O)Nc1ccc(Cn2cccn2)cc1. The minimum absolute atomic E-state index is 0.142. The molecule has 0 fully saturated rings. The first-order chi connectivity index (χ1) is 9.63. The molecule has 1 unspecified atom stereocenters. The molecular formula is C15H19N3O2. The van der Waals surface area contributed by atoms with Gasteiger partial charge in [-0.25, -0.2) is 0 Å². The Balaban J connectivity index is 1.86. The zero-order valence-corrected chi connectivity index (χ0v) is 11.5. The molecule has 0 aliphatic rings. The molecule has 1 aromatic heterocycles. The number of aliphatic carboxylic acids is 1. The fourth-order valence-electron chi connectivity index (χ4n) is 1.98. The standard InChI is InChI=1S/C15H19N3O2/c1-12(3-8-15(19)20)17-14-6-4-13(5-7-14)11-18-10-2-9-16-18/h2,4-7,9-10,12,17H,3,8,11H2,1H3,(H,19,20). The lowest BCUT2D eigenvalue weighted by Gasteiger charge is -2.14. The third-order valence-electron chi connectivity index (χ3n) is 3.06. The van der Waals surface area contributed by atoms with Crippen molar-refractivity contribution in [2.75, 3.05) is 5.32 Å². The average molecular weight is 273 g/mol. The number of hydrogen-bond donors (Lipinski definition) is 2.